The fraction of sp³-hybridized carbons (Fsp3) is 0.682. The third-order valence-corrected chi connectivity index (χ3v) is 5.04. The van der Waals surface area contributed by atoms with Gasteiger partial charge >= 0.3 is 5.97 Å². The number of carbonyl (C=O) groups excluding carboxylic acids is 1. The molecule has 1 rings (SSSR count). The number of rotatable bonds is 7. The van der Waals surface area contributed by atoms with Crippen LogP contribution in [0.2, 0.25) is 0 Å². The molecule has 0 aliphatic carbocycles. The molecule has 0 aromatic heterocycles. The van der Waals surface area contributed by atoms with E-state index < -0.39 is 0 Å². The Morgan fingerprint density at radius 2 is 2.00 bits per heavy atom. The van der Waals surface area contributed by atoms with Gasteiger partial charge in [-0.25, -0.2) is 0 Å². The summed E-state index contributed by atoms with van der Waals surface area (Å²) in [5.41, 5.74) is 0. The first-order valence-electron chi connectivity index (χ1n) is 9.93. The van der Waals surface area contributed by atoms with Crippen molar-refractivity contribution in [2.75, 3.05) is 7.05 Å². The van der Waals surface area contributed by atoms with Gasteiger partial charge in [0.2, 0.25) is 0 Å². The molecule has 4 nitrogen and oxygen atoms in total. The van der Waals surface area contributed by atoms with E-state index in [-0.39, 0.29) is 23.9 Å². The molecule has 0 bridgehead atoms. The van der Waals surface area contributed by atoms with Crippen molar-refractivity contribution in [1.82, 2.24) is 5.32 Å². The molecule has 0 amide bonds. The van der Waals surface area contributed by atoms with Crippen LogP contribution in [0.4, 0.5) is 0 Å². The van der Waals surface area contributed by atoms with Gasteiger partial charge in [-0.05, 0) is 57.2 Å². The van der Waals surface area contributed by atoms with Gasteiger partial charge in [0.1, 0.15) is 11.8 Å². The van der Waals surface area contributed by atoms with Crippen LogP contribution in [0.1, 0.15) is 65.7 Å². The molecule has 26 heavy (non-hydrogen) atoms. The molecule has 1 aliphatic rings. The van der Waals surface area contributed by atoms with Crippen LogP contribution in [0, 0.1) is 11.8 Å². The molecule has 2 N–H and O–H groups in total. The smallest absolute Gasteiger partial charge is 0.323 e. The van der Waals surface area contributed by atoms with Crippen LogP contribution < -0.4 is 5.32 Å². The van der Waals surface area contributed by atoms with Gasteiger partial charge < -0.3 is 15.2 Å². The lowest BCUT2D eigenvalue weighted by Gasteiger charge is -2.23. The maximum atomic E-state index is 11.9. The number of aliphatic hydroxyl groups excluding tert-OH is 1. The lowest BCUT2D eigenvalue weighted by atomic mass is 9.84. The van der Waals surface area contributed by atoms with E-state index in [1.807, 2.05) is 14.0 Å². The van der Waals surface area contributed by atoms with Gasteiger partial charge in [-0.2, -0.15) is 0 Å². The Morgan fingerprint density at radius 3 is 2.46 bits per heavy atom. The number of hydrogen-bond donors (Lipinski definition) is 2. The molecule has 0 radical (unpaired) electrons. The molecule has 0 aromatic rings. The molecule has 1 saturated heterocycles. The largest absolute Gasteiger partial charge is 0.508 e. The molecule has 0 spiro atoms. The highest BCUT2D eigenvalue weighted by atomic mass is 16.5. The Labute approximate surface area is 160 Å². The average molecular weight is 366 g/mol. The number of hydrogen-bond acceptors (Lipinski definition) is 4. The van der Waals surface area contributed by atoms with Crippen molar-refractivity contribution in [1.29, 1.82) is 0 Å². The van der Waals surface area contributed by atoms with Gasteiger partial charge in [-0.1, -0.05) is 58.8 Å². The average Bonchev–Trinajstić information content (AvgIpc) is 2.68. The van der Waals surface area contributed by atoms with Crippen LogP contribution >= 0.6 is 0 Å². The summed E-state index contributed by atoms with van der Waals surface area (Å²) in [4.78, 5) is 11.9. The van der Waals surface area contributed by atoms with E-state index in [2.05, 4.69) is 32.3 Å². The predicted molar refractivity (Wildman–Crippen MR) is 110 cm³/mol. The van der Waals surface area contributed by atoms with E-state index in [0.717, 1.165) is 25.2 Å². The Balaban J connectivity index is 0.000000758. The molecule has 2 unspecified atom stereocenters. The Kier molecular flexibility index (Phi) is 13.7. The van der Waals surface area contributed by atoms with Gasteiger partial charge in [0.05, 0.1) is 6.10 Å². The topological polar surface area (TPSA) is 58.6 Å². The number of cyclic esters (lactones) is 1. The highest BCUT2D eigenvalue weighted by Crippen LogP contribution is 2.28. The van der Waals surface area contributed by atoms with E-state index >= 15 is 0 Å². The molecule has 1 heterocycles. The molecular weight excluding hydrogens is 326 g/mol. The second-order valence-electron chi connectivity index (χ2n) is 7.07. The summed E-state index contributed by atoms with van der Waals surface area (Å²) < 4.78 is 5.55. The number of carbonyl (C=O) groups is 1. The minimum absolute atomic E-state index is 0.0563. The summed E-state index contributed by atoms with van der Waals surface area (Å²) in [7, 11) is 1.84. The number of likely N-dealkylation sites (N-methyl/N-ethyl adjacent to an activating group) is 1. The molecule has 4 heteroatoms. The summed E-state index contributed by atoms with van der Waals surface area (Å²) in [5, 5.41) is 11.6. The van der Waals surface area contributed by atoms with Crippen LogP contribution in [0.5, 0.6) is 0 Å². The second-order valence-corrected chi connectivity index (χ2v) is 7.07. The molecule has 0 saturated carbocycles. The van der Waals surface area contributed by atoms with Gasteiger partial charge in [0.25, 0.3) is 0 Å². The molecular formula is C22H39NO3. The number of nitrogens with one attached hydrogen (secondary N) is 1. The minimum atomic E-state index is -0.116. The first kappa shape index (κ1) is 24.5. The van der Waals surface area contributed by atoms with E-state index in [4.69, 9.17) is 9.84 Å². The summed E-state index contributed by atoms with van der Waals surface area (Å²) in [6.07, 6.45) is 12.5. The van der Waals surface area contributed by atoms with Crippen LogP contribution in [-0.4, -0.2) is 30.3 Å². The van der Waals surface area contributed by atoms with E-state index in [1.54, 1.807) is 0 Å². The van der Waals surface area contributed by atoms with Crippen molar-refractivity contribution >= 4 is 5.97 Å². The van der Waals surface area contributed by atoms with Crippen LogP contribution in [-0.2, 0) is 9.53 Å². The fourth-order valence-electron chi connectivity index (χ4n) is 3.40. The highest BCUT2D eigenvalue weighted by molar-refractivity contribution is 5.75. The number of esters is 1. The molecule has 1 fully saturated rings. The first-order valence-corrected chi connectivity index (χ1v) is 9.93. The number of allylic oxidation sites excluding steroid dienone is 3. The van der Waals surface area contributed by atoms with E-state index in [9.17, 15) is 4.79 Å². The Morgan fingerprint density at radius 1 is 1.35 bits per heavy atom. The first-order chi connectivity index (χ1) is 12.4. The highest BCUT2D eigenvalue weighted by Gasteiger charge is 2.26. The van der Waals surface area contributed by atoms with Gasteiger partial charge in [-0.3, -0.25) is 4.79 Å². The zero-order valence-electron chi connectivity index (χ0n) is 17.2. The molecule has 1 aliphatic heterocycles. The van der Waals surface area contributed by atoms with Crippen LogP contribution in [0.25, 0.3) is 0 Å². The SMILES string of the molecule is C=C/C=C(/O)C=C.CCC(CC)CC1CCC[C@H](NC)C(=O)OC(C)C1. The zero-order valence-corrected chi connectivity index (χ0v) is 17.2. The van der Waals surface area contributed by atoms with Crippen molar-refractivity contribution in [2.24, 2.45) is 11.8 Å². The van der Waals surface area contributed by atoms with Crippen LogP contribution in [0.3, 0.4) is 0 Å². The van der Waals surface area contributed by atoms with E-state index in [0.29, 0.717) is 5.92 Å². The van der Waals surface area contributed by atoms with Gasteiger partial charge in [0.15, 0.2) is 0 Å². The normalized spacial score (nSPS) is 24.4. The third kappa shape index (κ3) is 10.4. The maximum Gasteiger partial charge on any atom is 0.323 e. The monoisotopic (exact) mass is 365 g/mol. The quantitative estimate of drug-likeness (QED) is 0.364. The summed E-state index contributed by atoms with van der Waals surface area (Å²) in [6, 6.07) is -0.116. The minimum Gasteiger partial charge on any atom is -0.508 e. The van der Waals surface area contributed by atoms with Crippen molar-refractivity contribution in [3.05, 3.63) is 37.1 Å². The molecule has 0 aromatic carbocycles. The lowest BCUT2D eigenvalue weighted by molar-refractivity contribution is -0.151. The fourth-order valence-corrected chi connectivity index (χ4v) is 3.40. The van der Waals surface area contributed by atoms with Gasteiger partial charge in [0, 0.05) is 0 Å². The van der Waals surface area contributed by atoms with E-state index in [1.165, 1.54) is 43.9 Å². The molecule has 150 valence electrons. The number of ether oxygens (including phenoxy) is 1. The standard InChI is InChI=1S/C16H31NO2.C6H8O/c1-5-13(6-2)11-14-8-7-9-15(17-4)16(18)19-12(3)10-14;1-3-5-6(7)4-2/h12-15,17H,5-11H2,1-4H3;3-5,7H,1-2H2/b;6-5+/t12?,14?,15-;/m0./s1. The van der Waals surface area contributed by atoms with Gasteiger partial charge in [-0.15, -0.1) is 0 Å². The zero-order chi connectivity index (χ0) is 19.9. The summed E-state index contributed by atoms with van der Waals surface area (Å²) in [6.45, 7) is 13.3. The second kappa shape index (κ2) is 14.6. The molecule has 3 atom stereocenters. The lowest BCUT2D eigenvalue weighted by Crippen LogP contribution is -2.36. The maximum absolute atomic E-state index is 11.9. The third-order valence-electron chi connectivity index (χ3n) is 5.04. The summed E-state index contributed by atoms with van der Waals surface area (Å²) >= 11 is 0. The van der Waals surface area contributed by atoms with Crippen molar-refractivity contribution in [2.45, 2.75) is 77.9 Å². The number of aliphatic hydroxyl groups is 1. The predicted octanol–water partition coefficient (Wildman–Crippen LogP) is 5.32. The summed E-state index contributed by atoms with van der Waals surface area (Å²) in [5.74, 6) is 1.62. The Bertz CT molecular complexity index is 441. The van der Waals surface area contributed by atoms with Crippen molar-refractivity contribution in [3.8, 4) is 0 Å². The van der Waals surface area contributed by atoms with Crippen LogP contribution in [0.15, 0.2) is 37.1 Å². The van der Waals surface area contributed by atoms with Crippen molar-refractivity contribution in [3.63, 3.8) is 0 Å². The Hall–Kier alpha value is -1.55. The van der Waals surface area contributed by atoms with Crippen molar-refractivity contribution < 1.29 is 14.6 Å².